The second-order valence-corrected chi connectivity index (χ2v) is 17.3. The predicted octanol–water partition coefficient (Wildman–Crippen LogP) is 8.78. The molecule has 60 heavy (non-hydrogen) atoms. The number of hydrogen-bond donors (Lipinski definition) is 6. The first kappa shape index (κ1) is 55.8. The van der Waals surface area contributed by atoms with E-state index < -0.39 is 75.7 Å². The fourth-order valence-corrected chi connectivity index (χ4v) is 7.66. The van der Waals surface area contributed by atoms with Gasteiger partial charge < -0.3 is 39.9 Å². The lowest BCUT2D eigenvalue weighted by Gasteiger charge is -2.41. The van der Waals surface area contributed by atoms with Gasteiger partial charge in [-0.25, -0.2) is 4.57 Å². The molecular weight excluding hydrogens is 791 g/mol. The molecule has 0 saturated heterocycles. The summed E-state index contributed by atoms with van der Waals surface area (Å²) in [6, 6.07) is 0. The molecule has 13 nitrogen and oxygen atoms in total. The van der Waals surface area contributed by atoms with Crippen LogP contribution in [0.1, 0.15) is 174 Å². The van der Waals surface area contributed by atoms with Gasteiger partial charge in [0.25, 0.3) is 0 Å². The molecule has 0 amide bonds. The maximum Gasteiger partial charge on any atom is 0.472 e. The van der Waals surface area contributed by atoms with E-state index in [1.54, 1.807) is 0 Å². The van der Waals surface area contributed by atoms with Crippen LogP contribution in [0.15, 0.2) is 48.6 Å². The zero-order valence-electron chi connectivity index (χ0n) is 36.7. The van der Waals surface area contributed by atoms with Crippen LogP contribution < -0.4 is 0 Å². The summed E-state index contributed by atoms with van der Waals surface area (Å²) in [5, 5.41) is 50.1. The van der Waals surface area contributed by atoms with E-state index in [2.05, 4.69) is 62.5 Å². The van der Waals surface area contributed by atoms with E-state index in [1.165, 1.54) is 70.6 Å². The Labute approximate surface area is 360 Å². The van der Waals surface area contributed by atoms with Crippen molar-refractivity contribution in [1.29, 1.82) is 0 Å². The lowest BCUT2D eigenvalue weighted by molar-refractivity contribution is -0.220. The fourth-order valence-electron chi connectivity index (χ4n) is 6.69. The topological polar surface area (TPSA) is 210 Å². The van der Waals surface area contributed by atoms with Crippen LogP contribution in [-0.4, -0.2) is 98.3 Å². The van der Waals surface area contributed by atoms with Gasteiger partial charge in [-0.15, -0.1) is 0 Å². The van der Waals surface area contributed by atoms with Crippen molar-refractivity contribution in [3.05, 3.63) is 48.6 Å². The van der Waals surface area contributed by atoms with Gasteiger partial charge in [-0.1, -0.05) is 159 Å². The normalized spacial score (nSPS) is 22.6. The Hall–Kier alpha value is -2.19. The standard InChI is InChI=1S/C46H81O13P/c1-3-5-7-9-11-13-15-17-19-20-21-23-25-27-29-31-33-35-40(48)58-38(37-57-60(54,55)59-46-44(52)42(50)41(49)43(51)45(46)53)36-56-39(47)34-32-30-28-26-24-22-18-16-14-12-10-8-6-4-2/h7,9,13,15,19-20,23,25,38,41-46,49-53H,3-6,8,10-12,14,16-18,21-22,24,26-37H2,1-2H3,(H,54,55)/b9-7+,15-13+,20-19+,25-23+/t38-,41?,42-,43?,44?,45?,46?/m1/s1. The number of hydrogen-bond acceptors (Lipinski definition) is 12. The Balaban J connectivity index is 2.49. The molecule has 0 bridgehead atoms. The van der Waals surface area contributed by atoms with Crippen LogP contribution in [-0.2, 0) is 32.7 Å². The Morgan fingerprint density at radius 3 is 1.43 bits per heavy atom. The lowest BCUT2D eigenvalue weighted by Crippen LogP contribution is -2.64. The fraction of sp³-hybridized carbons (Fsp3) is 0.783. The highest BCUT2D eigenvalue weighted by Gasteiger charge is 2.51. The van der Waals surface area contributed by atoms with Gasteiger partial charge in [0.1, 0.15) is 43.2 Å². The second kappa shape index (κ2) is 36.3. The molecule has 0 aromatic heterocycles. The van der Waals surface area contributed by atoms with Gasteiger partial charge in [-0.2, -0.15) is 0 Å². The highest BCUT2D eigenvalue weighted by atomic mass is 31.2. The molecule has 1 fully saturated rings. The average molecular weight is 873 g/mol. The van der Waals surface area contributed by atoms with Crippen molar-refractivity contribution in [2.45, 2.75) is 217 Å². The van der Waals surface area contributed by atoms with Gasteiger partial charge in [0.15, 0.2) is 6.10 Å². The first-order valence-electron chi connectivity index (χ1n) is 22.9. The number of aliphatic hydroxyl groups excluding tert-OH is 5. The van der Waals surface area contributed by atoms with Crippen molar-refractivity contribution in [3.8, 4) is 0 Å². The summed E-state index contributed by atoms with van der Waals surface area (Å²) < 4.78 is 33.5. The number of phosphoric ester groups is 1. The van der Waals surface area contributed by atoms with Crippen LogP contribution in [0.2, 0.25) is 0 Å². The molecule has 348 valence electrons. The highest BCUT2D eigenvalue weighted by molar-refractivity contribution is 7.47. The molecule has 0 aromatic carbocycles. The van der Waals surface area contributed by atoms with Crippen molar-refractivity contribution in [1.82, 2.24) is 0 Å². The Morgan fingerprint density at radius 2 is 0.933 bits per heavy atom. The Kier molecular flexibility index (Phi) is 33.8. The SMILES string of the molecule is CCC/C=C/C/C=C/C/C=C/C/C=C/CCCCCC(=O)O[C@H](COC(=O)CCCCCCCCCCCCCCCC)COP(=O)(O)OC1C(O)C(O)C(O)[C@@H](O)C1O. The average Bonchev–Trinajstić information content (AvgIpc) is 3.23. The van der Waals surface area contributed by atoms with Crippen molar-refractivity contribution in [2.24, 2.45) is 0 Å². The van der Waals surface area contributed by atoms with E-state index in [1.807, 2.05) is 0 Å². The Morgan fingerprint density at radius 1 is 0.517 bits per heavy atom. The van der Waals surface area contributed by atoms with Crippen LogP contribution in [0.25, 0.3) is 0 Å². The number of carbonyl (C=O) groups excluding carboxylic acids is 2. The smallest absolute Gasteiger partial charge is 0.462 e. The molecular formula is C46H81O13P. The third kappa shape index (κ3) is 28.4. The number of phosphoric acid groups is 1. The van der Waals surface area contributed by atoms with Crippen molar-refractivity contribution in [3.63, 3.8) is 0 Å². The van der Waals surface area contributed by atoms with Crippen molar-refractivity contribution >= 4 is 19.8 Å². The minimum absolute atomic E-state index is 0.0592. The maximum absolute atomic E-state index is 12.8. The first-order chi connectivity index (χ1) is 28.9. The quantitative estimate of drug-likeness (QED) is 0.0149. The lowest BCUT2D eigenvalue weighted by atomic mass is 9.85. The molecule has 1 aliphatic rings. The molecule has 1 aliphatic carbocycles. The van der Waals surface area contributed by atoms with Gasteiger partial charge in [0.2, 0.25) is 0 Å². The van der Waals surface area contributed by atoms with Crippen molar-refractivity contribution < 1.29 is 63.1 Å². The Bertz CT molecular complexity index is 1240. The summed E-state index contributed by atoms with van der Waals surface area (Å²) in [4.78, 5) is 35.7. The van der Waals surface area contributed by atoms with Gasteiger partial charge in [0, 0.05) is 12.8 Å². The number of ether oxygens (including phenoxy) is 2. The largest absolute Gasteiger partial charge is 0.472 e. The number of esters is 2. The molecule has 0 aromatic rings. The molecule has 14 heteroatoms. The number of rotatable bonds is 37. The summed E-state index contributed by atoms with van der Waals surface area (Å²) in [6.07, 6.45) is 28.8. The third-order valence-electron chi connectivity index (χ3n) is 10.4. The maximum atomic E-state index is 12.8. The zero-order chi connectivity index (χ0) is 44.3. The third-order valence-corrected chi connectivity index (χ3v) is 11.4. The number of unbranched alkanes of at least 4 members (excludes halogenated alkanes) is 17. The van der Waals surface area contributed by atoms with E-state index in [0.29, 0.717) is 12.8 Å². The van der Waals surface area contributed by atoms with Crippen molar-refractivity contribution in [2.75, 3.05) is 13.2 Å². The van der Waals surface area contributed by atoms with E-state index in [4.69, 9.17) is 18.5 Å². The van der Waals surface area contributed by atoms with E-state index in [-0.39, 0.29) is 12.8 Å². The molecule has 6 unspecified atom stereocenters. The summed E-state index contributed by atoms with van der Waals surface area (Å²) in [5.41, 5.74) is 0. The van der Waals surface area contributed by atoms with Gasteiger partial charge in [-0.05, 0) is 51.4 Å². The van der Waals surface area contributed by atoms with Crippen LogP contribution in [0.3, 0.4) is 0 Å². The summed E-state index contributed by atoms with van der Waals surface area (Å²) >= 11 is 0. The van der Waals surface area contributed by atoms with Gasteiger partial charge in [-0.3, -0.25) is 18.6 Å². The van der Waals surface area contributed by atoms with Gasteiger partial charge >= 0.3 is 19.8 Å². The summed E-state index contributed by atoms with van der Waals surface area (Å²) in [6.45, 7) is 3.20. The molecule has 0 spiro atoms. The van der Waals surface area contributed by atoms with E-state index in [0.717, 1.165) is 64.2 Å². The minimum atomic E-state index is -5.13. The highest BCUT2D eigenvalue weighted by Crippen LogP contribution is 2.47. The molecule has 6 N–H and O–H groups in total. The number of aliphatic hydroxyl groups is 5. The second-order valence-electron chi connectivity index (χ2n) is 15.9. The zero-order valence-corrected chi connectivity index (χ0v) is 37.6. The molecule has 8 atom stereocenters. The van der Waals surface area contributed by atoms with E-state index >= 15 is 0 Å². The van der Waals surface area contributed by atoms with Crippen LogP contribution >= 0.6 is 7.82 Å². The van der Waals surface area contributed by atoms with Crippen LogP contribution in [0.4, 0.5) is 0 Å². The summed E-state index contributed by atoms with van der Waals surface area (Å²) in [7, 11) is -5.13. The molecule has 0 aliphatic heterocycles. The molecule has 0 radical (unpaired) electrons. The van der Waals surface area contributed by atoms with Gasteiger partial charge in [0.05, 0.1) is 6.61 Å². The first-order valence-corrected chi connectivity index (χ1v) is 24.4. The minimum Gasteiger partial charge on any atom is -0.462 e. The molecule has 0 heterocycles. The molecule has 1 saturated carbocycles. The monoisotopic (exact) mass is 873 g/mol. The number of allylic oxidation sites excluding steroid dienone is 8. The number of carbonyl (C=O) groups is 2. The molecule has 1 rings (SSSR count). The van der Waals surface area contributed by atoms with Crippen LogP contribution in [0, 0.1) is 0 Å². The van der Waals surface area contributed by atoms with E-state index in [9.17, 15) is 44.6 Å². The predicted molar refractivity (Wildman–Crippen MR) is 235 cm³/mol. The summed E-state index contributed by atoms with van der Waals surface area (Å²) in [5.74, 6) is -1.13. The van der Waals surface area contributed by atoms with Crippen LogP contribution in [0.5, 0.6) is 0 Å².